The van der Waals surface area contributed by atoms with E-state index in [4.69, 9.17) is 0 Å². The molecular formula is C17H21N3O3S2. The third-order valence-electron chi connectivity index (χ3n) is 4.13. The van der Waals surface area contributed by atoms with E-state index < -0.39 is 10.0 Å². The van der Waals surface area contributed by atoms with E-state index in [1.165, 1.54) is 22.1 Å². The summed E-state index contributed by atoms with van der Waals surface area (Å²) in [6, 6.07) is 8.97. The quantitative estimate of drug-likeness (QED) is 0.836. The number of amides is 1. The summed E-state index contributed by atoms with van der Waals surface area (Å²) in [4.78, 5) is 15.2. The van der Waals surface area contributed by atoms with Crippen LogP contribution >= 0.6 is 11.8 Å². The summed E-state index contributed by atoms with van der Waals surface area (Å²) in [6.07, 6.45) is 2.31. The molecule has 0 spiro atoms. The topological polar surface area (TPSA) is 82.3 Å². The average Bonchev–Trinajstić information content (AvgIpc) is 3.14. The van der Waals surface area contributed by atoms with Gasteiger partial charge < -0.3 is 10.3 Å². The number of sulfonamides is 1. The normalized spacial score (nSPS) is 15.9. The molecule has 1 aromatic carbocycles. The van der Waals surface area contributed by atoms with Crippen molar-refractivity contribution in [2.45, 2.75) is 18.2 Å². The molecule has 2 aromatic rings. The van der Waals surface area contributed by atoms with E-state index in [1.807, 2.05) is 24.3 Å². The van der Waals surface area contributed by atoms with E-state index in [9.17, 15) is 13.2 Å². The number of carbonyl (C=O) groups is 1. The zero-order chi connectivity index (χ0) is 17.9. The molecular weight excluding hydrogens is 358 g/mol. The molecule has 134 valence electrons. The number of thioether (sulfide) groups is 1. The number of benzene rings is 1. The van der Waals surface area contributed by atoms with Crippen molar-refractivity contribution < 1.29 is 13.2 Å². The van der Waals surface area contributed by atoms with Gasteiger partial charge in [0.05, 0.1) is 0 Å². The summed E-state index contributed by atoms with van der Waals surface area (Å²) in [5, 5.41) is 2.77. The summed E-state index contributed by atoms with van der Waals surface area (Å²) in [7, 11) is -3.55. The van der Waals surface area contributed by atoms with Crippen LogP contribution in [0.1, 0.15) is 23.0 Å². The Hall–Kier alpha value is -1.77. The second kappa shape index (κ2) is 7.63. The van der Waals surface area contributed by atoms with Crippen molar-refractivity contribution in [3.8, 4) is 0 Å². The maximum atomic E-state index is 12.6. The number of carbonyl (C=O) groups excluding carboxylic acids is 1. The van der Waals surface area contributed by atoms with Gasteiger partial charge in [0.15, 0.2) is 0 Å². The van der Waals surface area contributed by atoms with Gasteiger partial charge in [-0.3, -0.25) is 4.79 Å². The minimum atomic E-state index is -3.55. The first-order valence-electron chi connectivity index (χ1n) is 8.17. The molecule has 0 aliphatic carbocycles. The van der Waals surface area contributed by atoms with Gasteiger partial charge in [0, 0.05) is 36.5 Å². The van der Waals surface area contributed by atoms with Crippen LogP contribution in [0.2, 0.25) is 0 Å². The van der Waals surface area contributed by atoms with Gasteiger partial charge in [-0.15, -0.1) is 0 Å². The smallest absolute Gasteiger partial charge is 0.272 e. The molecule has 1 fully saturated rings. The highest BCUT2D eigenvalue weighted by Gasteiger charge is 2.27. The standard InChI is InChI=1S/C17H21N3O3S2/c1-2-13-3-5-14(6-4-13)19-17(21)16-11-15(12-18-16)25(22,23)20-7-9-24-10-8-20/h3-6,11-12,18H,2,7-10H2,1H3,(H,19,21). The Morgan fingerprint density at radius 1 is 1.24 bits per heavy atom. The van der Waals surface area contributed by atoms with Gasteiger partial charge >= 0.3 is 0 Å². The van der Waals surface area contributed by atoms with Crippen LogP contribution < -0.4 is 5.32 Å². The van der Waals surface area contributed by atoms with Crippen molar-refractivity contribution in [1.82, 2.24) is 9.29 Å². The first kappa shape index (κ1) is 18.0. The number of rotatable bonds is 5. The molecule has 1 amide bonds. The molecule has 1 aliphatic rings. The van der Waals surface area contributed by atoms with Crippen LogP contribution in [-0.4, -0.2) is 48.2 Å². The van der Waals surface area contributed by atoms with Crippen molar-refractivity contribution in [2.24, 2.45) is 0 Å². The third kappa shape index (κ3) is 4.08. The van der Waals surface area contributed by atoms with Gasteiger partial charge in [-0.2, -0.15) is 16.1 Å². The van der Waals surface area contributed by atoms with Gasteiger partial charge in [-0.25, -0.2) is 8.42 Å². The predicted molar refractivity (Wildman–Crippen MR) is 101 cm³/mol. The summed E-state index contributed by atoms with van der Waals surface area (Å²) in [6.45, 7) is 3.07. The largest absolute Gasteiger partial charge is 0.356 e. The minimum Gasteiger partial charge on any atom is -0.356 e. The minimum absolute atomic E-state index is 0.130. The molecule has 0 atom stereocenters. The van der Waals surface area contributed by atoms with Crippen LogP contribution in [0, 0.1) is 0 Å². The molecule has 1 aromatic heterocycles. The van der Waals surface area contributed by atoms with Gasteiger partial charge in [0.25, 0.3) is 5.91 Å². The molecule has 0 unspecified atom stereocenters. The highest BCUT2D eigenvalue weighted by Crippen LogP contribution is 2.21. The summed E-state index contributed by atoms with van der Waals surface area (Å²) >= 11 is 1.75. The lowest BCUT2D eigenvalue weighted by Gasteiger charge is -2.24. The molecule has 0 radical (unpaired) electrons. The number of aryl methyl sites for hydroxylation is 1. The molecule has 8 heteroatoms. The number of hydrogen-bond acceptors (Lipinski definition) is 4. The second-order valence-corrected chi connectivity index (χ2v) is 8.93. The number of aromatic amines is 1. The summed E-state index contributed by atoms with van der Waals surface area (Å²) < 4.78 is 26.7. The van der Waals surface area contributed by atoms with E-state index in [2.05, 4.69) is 17.2 Å². The first-order valence-corrected chi connectivity index (χ1v) is 10.8. The highest BCUT2D eigenvalue weighted by atomic mass is 32.2. The highest BCUT2D eigenvalue weighted by molar-refractivity contribution is 7.99. The molecule has 3 rings (SSSR count). The van der Waals surface area contributed by atoms with Crippen LogP contribution in [0.5, 0.6) is 0 Å². The Morgan fingerprint density at radius 2 is 1.92 bits per heavy atom. The summed E-state index contributed by atoms with van der Waals surface area (Å²) in [5.74, 6) is 1.23. The molecule has 1 aliphatic heterocycles. The molecule has 2 heterocycles. The van der Waals surface area contributed by atoms with E-state index in [1.54, 1.807) is 11.8 Å². The Bertz CT molecular complexity index is 838. The molecule has 0 saturated carbocycles. The lowest BCUT2D eigenvalue weighted by atomic mass is 10.1. The molecule has 25 heavy (non-hydrogen) atoms. The van der Waals surface area contributed by atoms with Crippen molar-refractivity contribution in [1.29, 1.82) is 0 Å². The van der Waals surface area contributed by atoms with Gasteiger partial charge in [-0.1, -0.05) is 19.1 Å². The number of anilines is 1. The van der Waals surface area contributed by atoms with Gasteiger partial charge in [-0.05, 0) is 30.2 Å². The summed E-state index contributed by atoms with van der Waals surface area (Å²) in [5.41, 5.74) is 2.09. The fraction of sp³-hybridized carbons (Fsp3) is 0.353. The predicted octanol–water partition coefficient (Wildman–Crippen LogP) is 2.57. The Labute approximate surface area is 152 Å². The lowest BCUT2D eigenvalue weighted by Crippen LogP contribution is -2.37. The third-order valence-corrected chi connectivity index (χ3v) is 6.95. The van der Waals surface area contributed by atoms with Crippen LogP contribution in [0.4, 0.5) is 5.69 Å². The number of H-pyrrole nitrogens is 1. The number of nitrogens with zero attached hydrogens (tertiary/aromatic N) is 1. The number of hydrogen-bond donors (Lipinski definition) is 2. The van der Waals surface area contributed by atoms with Crippen LogP contribution in [0.25, 0.3) is 0 Å². The fourth-order valence-electron chi connectivity index (χ4n) is 2.61. The van der Waals surface area contributed by atoms with Crippen molar-refractivity contribution in [3.05, 3.63) is 47.8 Å². The zero-order valence-electron chi connectivity index (χ0n) is 14.0. The second-order valence-electron chi connectivity index (χ2n) is 5.77. The maximum absolute atomic E-state index is 12.6. The molecule has 6 nitrogen and oxygen atoms in total. The van der Waals surface area contributed by atoms with Crippen LogP contribution in [0.3, 0.4) is 0 Å². The van der Waals surface area contributed by atoms with E-state index in [-0.39, 0.29) is 16.5 Å². The number of nitrogens with one attached hydrogen (secondary N) is 2. The maximum Gasteiger partial charge on any atom is 0.272 e. The lowest BCUT2D eigenvalue weighted by molar-refractivity contribution is 0.102. The van der Waals surface area contributed by atoms with Crippen LogP contribution in [-0.2, 0) is 16.4 Å². The zero-order valence-corrected chi connectivity index (χ0v) is 15.6. The number of aromatic nitrogens is 1. The van der Waals surface area contributed by atoms with E-state index in [0.29, 0.717) is 18.8 Å². The fourth-order valence-corrected chi connectivity index (χ4v) is 5.18. The van der Waals surface area contributed by atoms with Crippen molar-refractivity contribution in [3.63, 3.8) is 0 Å². The Balaban J connectivity index is 1.72. The van der Waals surface area contributed by atoms with E-state index in [0.717, 1.165) is 17.9 Å². The molecule has 0 bridgehead atoms. The Kier molecular flexibility index (Phi) is 5.51. The molecule has 2 N–H and O–H groups in total. The Morgan fingerprint density at radius 3 is 2.56 bits per heavy atom. The van der Waals surface area contributed by atoms with Crippen molar-refractivity contribution >= 4 is 33.4 Å². The first-order chi connectivity index (χ1) is 12.0. The average molecular weight is 380 g/mol. The monoisotopic (exact) mass is 379 g/mol. The van der Waals surface area contributed by atoms with E-state index >= 15 is 0 Å². The van der Waals surface area contributed by atoms with Crippen LogP contribution in [0.15, 0.2) is 41.4 Å². The SMILES string of the molecule is CCc1ccc(NC(=O)c2cc(S(=O)(=O)N3CCSCC3)c[nH]2)cc1. The van der Waals surface area contributed by atoms with Gasteiger partial charge in [0.2, 0.25) is 10.0 Å². The van der Waals surface area contributed by atoms with Gasteiger partial charge in [0.1, 0.15) is 10.6 Å². The molecule has 1 saturated heterocycles. The van der Waals surface area contributed by atoms with Crippen molar-refractivity contribution in [2.75, 3.05) is 29.9 Å².